The molecule has 8 heteroatoms. The van der Waals surface area contributed by atoms with Crippen molar-refractivity contribution in [2.75, 3.05) is 44.8 Å². The molecule has 176 valence electrons. The lowest BCUT2D eigenvalue weighted by Crippen LogP contribution is -2.39. The van der Waals surface area contributed by atoms with Crippen LogP contribution in [0.2, 0.25) is 0 Å². The van der Waals surface area contributed by atoms with Crippen LogP contribution in [-0.2, 0) is 9.47 Å². The molecule has 1 aromatic carbocycles. The molecular formula is C26H29N5O3. The largest absolute Gasteiger partial charge is 0.379 e. The number of carbonyl (C=O) groups is 1. The summed E-state index contributed by atoms with van der Waals surface area (Å²) in [5, 5.41) is 2.85. The number of imidazole rings is 1. The molecule has 3 aromatic rings. The molecule has 2 aliphatic rings. The number of ether oxygens (including phenoxy) is 2. The van der Waals surface area contributed by atoms with E-state index in [1.807, 2.05) is 24.3 Å². The number of carbonyl (C=O) groups excluding carboxylic acids is 1. The maximum Gasteiger partial charge on any atom is 0.259 e. The first-order chi connectivity index (χ1) is 16.7. The van der Waals surface area contributed by atoms with Gasteiger partial charge in [-0.1, -0.05) is 35.9 Å². The molecule has 5 rings (SSSR count). The molecule has 8 nitrogen and oxygen atoms in total. The second kappa shape index (κ2) is 10.3. The minimum atomic E-state index is -0.240. The standard InChI is InChI=1S/C26H29N5O3/c1-18-8-9-22(34-16-13-31-11-14-33-15-12-31)20(17-18)25-28-21-6-4-5-19(24(21)30-25)26(32)29-23-7-2-3-10-27-23/h2-10,17,20,22H,11-16H2,1H3,(H,28,30)(H,27,29,32). The number of nitrogens with one attached hydrogen (secondary N) is 2. The second-order valence-electron chi connectivity index (χ2n) is 8.58. The first-order valence-corrected chi connectivity index (χ1v) is 11.7. The van der Waals surface area contributed by atoms with E-state index < -0.39 is 0 Å². The molecule has 2 N–H and O–H groups in total. The summed E-state index contributed by atoms with van der Waals surface area (Å²) < 4.78 is 11.7. The summed E-state index contributed by atoms with van der Waals surface area (Å²) >= 11 is 0. The molecular weight excluding hydrogens is 430 g/mol. The van der Waals surface area contributed by atoms with Crippen LogP contribution in [0.5, 0.6) is 0 Å². The van der Waals surface area contributed by atoms with E-state index >= 15 is 0 Å². The van der Waals surface area contributed by atoms with Gasteiger partial charge in [0.05, 0.1) is 42.9 Å². The van der Waals surface area contributed by atoms with E-state index in [9.17, 15) is 4.79 Å². The molecule has 34 heavy (non-hydrogen) atoms. The molecule has 1 aliphatic carbocycles. The van der Waals surface area contributed by atoms with Gasteiger partial charge in [-0.15, -0.1) is 0 Å². The van der Waals surface area contributed by atoms with Crippen molar-refractivity contribution in [2.24, 2.45) is 0 Å². The Morgan fingerprint density at radius 3 is 2.94 bits per heavy atom. The number of hydrogen-bond acceptors (Lipinski definition) is 6. The van der Waals surface area contributed by atoms with E-state index in [1.165, 1.54) is 0 Å². The maximum atomic E-state index is 13.0. The average molecular weight is 460 g/mol. The third-order valence-corrected chi connectivity index (χ3v) is 6.16. The van der Waals surface area contributed by atoms with E-state index in [0.717, 1.165) is 49.8 Å². The number of anilines is 1. The lowest BCUT2D eigenvalue weighted by atomic mass is 9.93. The number of hydrogen-bond donors (Lipinski definition) is 2. The van der Waals surface area contributed by atoms with Gasteiger partial charge in [0.2, 0.25) is 0 Å². The number of rotatable bonds is 7. The Hall–Kier alpha value is -3.33. The van der Waals surface area contributed by atoms with Gasteiger partial charge in [0, 0.05) is 25.8 Å². The molecule has 2 unspecified atom stereocenters. The van der Waals surface area contributed by atoms with Crippen molar-refractivity contribution in [3.8, 4) is 0 Å². The summed E-state index contributed by atoms with van der Waals surface area (Å²) in [6.45, 7) is 7.03. The first kappa shape index (κ1) is 22.5. The Balaban J connectivity index is 1.34. The summed E-state index contributed by atoms with van der Waals surface area (Å²) in [5.41, 5.74) is 3.11. The highest BCUT2D eigenvalue weighted by molar-refractivity contribution is 6.11. The Morgan fingerprint density at radius 1 is 1.24 bits per heavy atom. The van der Waals surface area contributed by atoms with Gasteiger partial charge >= 0.3 is 0 Å². The van der Waals surface area contributed by atoms with E-state index in [2.05, 4.69) is 45.3 Å². The number of morpholine rings is 1. The summed E-state index contributed by atoms with van der Waals surface area (Å²) in [6, 6.07) is 11.0. The van der Waals surface area contributed by atoms with Crippen molar-refractivity contribution in [3.05, 3.63) is 77.8 Å². The smallest absolute Gasteiger partial charge is 0.259 e. The highest BCUT2D eigenvalue weighted by atomic mass is 16.5. The fourth-order valence-electron chi connectivity index (χ4n) is 4.35. The Morgan fingerprint density at radius 2 is 2.12 bits per heavy atom. The van der Waals surface area contributed by atoms with Crippen LogP contribution >= 0.6 is 0 Å². The molecule has 2 atom stereocenters. The number of benzene rings is 1. The van der Waals surface area contributed by atoms with Gasteiger partial charge in [-0.05, 0) is 31.2 Å². The topological polar surface area (TPSA) is 92.4 Å². The van der Waals surface area contributed by atoms with E-state index in [4.69, 9.17) is 14.5 Å². The molecule has 2 aromatic heterocycles. The van der Waals surface area contributed by atoms with Crippen molar-refractivity contribution < 1.29 is 14.3 Å². The number of amides is 1. The predicted octanol–water partition coefficient (Wildman–Crippen LogP) is 3.53. The summed E-state index contributed by atoms with van der Waals surface area (Å²) in [4.78, 5) is 27.8. The first-order valence-electron chi connectivity index (χ1n) is 11.7. The maximum absolute atomic E-state index is 13.0. The van der Waals surface area contributed by atoms with Gasteiger partial charge in [0.25, 0.3) is 5.91 Å². The zero-order valence-electron chi connectivity index (χ0n) is 19.2. The lowest BCUT2D eigenvalue weighted by molar-refractivity contribution is 0.00849. The lowest BCUT2D eigenvalue weighted by Gasteiger charge is -2.29. The normalized spacial score (nSPS) is 20.9. The molecule has 0 saturated carbocycles. The number of pyridine rings is 1. The van der Waals surface area contributed by atoms with E-state index in [0.29, 0.717) is 23.5 Å². The molecule has 1 aliphatic heterocycles. The number of fused-ring (bicyclic) bond motifs is 1. The number of para-hydroxylation sites is 1. The molecule has 1 amide bonds. The van der Waals surface area contributed by atoms with E-state index in [1.54, 1.807) is 18.3 Å². The minimum Gasteiger partial charge on any atom is -0.379 e. The molecule has 1 saturated heterocycles. The van der Waals surface area contributed by atoms with Crippen LogP contribution in [0.3, 0.4) is 0 Å². The molecule has 0 radical (unpaired) electrons. The van der Waals surface area contributed by atoms with Crippen molar-refractivity contribution in [1.29, 1.82) is 0 Å². The third-order valence-electron chi connectivity index (χ3n) is 6.16. The SMILES string of the molecule is CC1=CC(c2nc3c(C(=O)Nc4ccccn4)cccc3[nH]2)C(OCCN2CCOCC2)C=C1. The number of aromatic nitrogens is 3. The van der Waals surface area contributed by atoms with Crippen molar-refractivity contribution in [2.45, 2.75) is 18.9 Å². The van der Waals surface area contributed by atoms with Gasteiger partial charge < -0.3 is 19.8 Å². The van der Waals surface area contributed by atoms with Gasteiger partial charge in [-0.3, -0.25) is 9.69 Å². The predicted molar refractivity (Wildman–Crippen MR) is 131 cm³/mol. The van der Waals surface area contributed by atoms with Gasteiger partial charge in [-0.2, -0.15) is 0 Å². The average Bonchev–Trinajstić information content (AvgIpc) is 3.30. The van der Waals surface area contributed by atoms with Gasteiger partial charge in [0.1, 0.15) is 17.2 Å². The molecule has 0 spiro atoms. The zero-order valence-corrected chi connectivity index (χ0v) is 19.2. The summed E-state index contributed by atoms with van der Waals surface area (Å²) in [5.74, 6) is 0.989. The van der Waals surface area contributed by atoms with Crippen molar-refractivity contribution >= 4 is 22.8 Å². The highest BCUT2D eigenvalue weighted by Gasteiger charge is 2.27. The quantitative estimate of drug-likeness (QED) is 0.562. The van der Waals surface area contributed by atoms with Crippen molar-refractivity contribution in [3.63, 3.8) is 0 Å². The second-order valence-corrected chi connectivity index (χ2v) is 8.58. The van der Waals surface area contributed by atoms with E-state index in [-0.39, 0.29) is 17.9 Å². The molecule has 0 bridgehead atoms. The van der Waals surface area contributed by atoms with Crippen molar-refractivity contribution in [1.82, 2.24) is 19.9 Å². The van der Waals surface area contributed by atoms with Crippen LogP contribution in [0, 0.1) is 0 Å². The summed E-state index contributed by atoms with van der Waals surface area (Å²) in [6.07, 6.45) is 7.87. The third kappa shape index (κ3) is 5.09. The van der Waals surface area contributed by atoms with Crippen LogP contribution in [0.15, 0.2) is 66.4 Å². The van der Waals surface area contributed by atoms with Crippen LogP contribution in [-0.4, -0.2) is 71.3 Å². The Bertz CT molecular complexity index is 1200. The van der Waals surface area contributed by atoms with Gasteiger partial charge in [-0.25, -0.2) is 9.97 Å². The van der Waals surface area contributed by atoms with Crippen LogP contribution in [0.25, 0.3) is 11.0 Å². The number of aromatic amines is 1. The fourth-order valence-corrected chi connectivity index (χ4v) is 4.35. The Kier molecular flexibility index (Phi) is 6.80. The van der Waals surface area contributed by atoms with Crippen LogP contribution in [0.4, 0.5) is 5.82 Å². The highest BCUT2D eigenvalue weighted by Crippen LogP contribution is 2.30. The number of H-pyrrole nitrogens is 1. The number of nitrogens with zero attached hydrogens (tertiary/aromatic N) is 3. The molecule has 3 heterocycles. The number of allylic oxidation sites excluding steroid dienone is 2. The van der Waals surface area contributed by atoms with Gasteiger partial charge in [0.15, 0.2) is 0 Å². The summed E-state index contributed by atoms with van der Waals surface area (Å²) in [7, 11) is 0. The van der Waals surface area contributed by atoms with Crippen LogP contribution < -0.4 is 5.32 Å². The zero-order chi connectivity index (χ0) is 23.3. The minimum absolute atomic E-state index is 0.0613. The Labute approximate surface area is 198 Å². The fraction of sp³-hybridized carbons (Fsp3) is 0.346. The molecule has 1 fully saturated rings. The monoisotopic (exact) mass is 459 g/mol. The van der Waals surface area contributed by atoms with Crippen LogP contribution in [0.1, 0.15) is 29.0 Å².